The molecule has 2 aliphatic rings. The lowest BCUT2D eigenvalue weighted by Crippen LogP contribution is -2.39. The molecular formula is C26H20N2O5. The number of hydrogen-bond donors (Lipinski definition) is 1. The Balaban J connectivity index is 1.53. The average Bonchev–Trinajstić information content (AvgIpc) is 3.30. The number of carboxylic acids is 1. The molecule has 1 spiro atoms. The number of aryl methyl sites for hydroxylation is 1. The third-order valence-corrected chi connectivity index (χ3v) is 5.97. The first kappa shape index (κ1) is 20.6. The van der Waals surface area contributed by atoms with E-state index in [1.165, 1.54) is 0 Å². The highest BCUT2D eigenvalue weighted by Gasteiger charge is 2.58. The topological polar surface area (TPSA) is 96.3 Å². The lowest BCUT2D eigenvalue weighted by atomic mass is 9.94. The fourth-order valence-corrected chi connectivity index (χ4v) is 4.46. The summed E-state index contributed by atoms with van der Waals surface area (Å²) in [4.78, 5) is 41.8. The van der Waals surface area contributed by atoms with Crippen LogP contribution in [0.25, 0.3) is 0 Å². The molecule has 7 nitrogen and oxygen atoms in total. The fraction of sp³-hybridized carbons (Fsp3) is 0.154. The maximum atomic E-state index is 13.0. The first-order valence-electron chi connectivity index (χ1n) is 10.6. The molecule has 0 aromatic heterocycles. The van der Waals surface area contributed by atoms with E-state index in [2.05, 4.69) is 0 Å². The van der Waals surface area contributed by atoms with Crippen molar-refractivity contribution in [3.8, 4) is 0 Å². The largest absolute Gasteiger partial charge is 0.480 e. The molecule has 1 heterocycles. The van der Waals surface area contributed by atoms with Crippen LogP contribution in [0.5, 0.6) is 0 Å². The van der Waals surface area contributed by atoms with Crippen LogP contribution in [-0.4, -0.2) is 40.2 Å². The van der Waals surface area contributed by atoms with Crippen LogP contribution in [-0.2, 0) is 26.3 Å². The summed E-state index contributed by atoms with van der Waals surface area (Å²) in [5, 5.41) is 9.03. The molecule has 0 bridgehead atoms. The number of imide groups is 1. The number of amides is 2. The Morgan fingerprint density at radius 3 is 2.21 bits per heavy atom. The highest BCUT2D eigenvalue weighted by molar-refractivity contribution is 6.14. The van der Waals surface area contributed by atoms with Crippen LogP contribution in [0.15, 0.2) is 83.9 Å². The summed E-state index contributed by atoms with van der Waals surface area (Å²) in [5.74, 6) is -1.89. The van der Waals surface area contributed by atoms with Crippen LogP contribution in [0, 0.1) is 0 Å². The third-order valence-electron chi connectivity index (χ3n) is 5.97. The van der Waals surface area contributed by atoms with Gasteiger partial charge in [0.1, 0.15) is 6.54 Å². The summed E-state index contributed by atoms with van der Waals surface area (Å²) in [6, 6.07) is 25.2. The van der Waals surface area contributed by atoms with Crippen LogP contribution in [0.4, 0.5) is 10.5 Å². The number of rotatable bonds is 5. The Bertz CT molecular complexity index is 1250. The van der Waals surface area contributed by atoms with Crippen LogP contribution < -0.4 is 0 Å². The average molecular weight is 440 g/mol. The molecule has 0 radical (unpaired) electrons. The van der Waals surface area contributed by atoms with Gasteiger partial charge in [0.15, 0.2) is 0 Å². The highest BCUT2D eigenvalue weighted by atomic mass is 16.6. The molecule has 2 amide bonds. The Morgan fingerprint density at radius 1 is 0.970 bits per heavy atom. The normalized spacial score (nSPS) is 18.8. The number of carboxylic acid groups (broad SMARTS) is 1. The number of ether oxygens (including phenoxy) is 1. The van der Waals surface area contributed by atoms with Crippen molar-refractivity contribution in [2.24, 2.45) is 4.99 Å². The lowest BCUT2D eigenvalue weighted by molar-refractivity contribution is -0.144. The zero-order valence-corrected chi connectivity index (χ0v) is 17.6. The molecule has 1 saturated heterocycles. The van der Waals surface area contributed by atoms with E-state index in [-0.39, 0.29) is 6.42 Å². The van der Waals surface area contributed by atoms with Crippen molar-refractivity contribution in [1.29, 1.82) is 0 Å². The minimum absolute atomic E-state index is 0.278. The first-order chi connectivity index (χ1) is 16.0. The molecule has 5 rings (SSSR count). The van der Waals surface area contributed by atoms with E-state index in [0.29, 0.717) is 22.6 Å². The number of carbonyl (C=O) groups is 3. The van der Waals surface area contributed by atoms with Gasteiger partial charge in [0.2, 0.25) is 5.60 Å². The number of benzene rings is 3. The summed E-state index contributed by atoms with van der Waals surface area (Å²) in [6.45, 7) is -0.714. The predicted molar refractivity (Wildman–Crippen MR) is 120 cm³/mol. The number of nitrogens with zero attached hydrogens (tertiary/aromatic N) is 2. The van der Waals surface area contributed by atoms with Crippen LogP contribution in [0.3, 0.4) is 0 Å². The van der Waals surface area contributed by atoms with Gasteiger partial charge in [0, 0.05) is 23.1 Å². The van der Waals surface area contributed by atoms with Crippen molar-refractivity contribution < 1.29 is 24.2 Å². The number of carbonyl (C=O) groups excluding carboxylic acids is 2. The fourth-order valence-electron chi connectivity index (χ4n) is 4.46. The van der Waals surface area contributed by atoms with Crippen LogP contribution >= 0.6 is 0 Å². The number of aliphatic imine (C=N–C) groups is 1. The molecule has 164 valence electrons. The highest BCUT2D eigenvalue weighted by Crippen LogP contribution is 2.46. The smallest absolute Gasteiger partial charge is 0.418 e. The summed E-state index contributed by atoms with van der Waals surface area (Å²) >= 11 is 0. The predicted octanol–water partition coefficient (Wildman–Crippen LogP) is 4.06. The van der Waals surface area contributed by atoms with Gasteiger partial charge in [-0.3, -0.25) is 9.59 Å². The minimum atomic E-state index is -1.45. The van der Waals surface area contributed by atoms with Gasteiger partial charge in [-0.05, 0) is 24.1 Å². The van der Waals surface area contributed by atoms with Crippen molar-refractivity contribution >= 4 is 29.4 Å². The van der Waals surface area contributed by atoms with Gasteiger partial charge in [-0.15, -0.1) is 0 Å². The van der Waals surface area contributed by atoms with E-state index in [9.17, 15) is 14.4 Å². The van der Waals surface area contributed by atoms with Crippen molar-refractivity contribution in [3.05, 3.63) is 101 Å². The molecule has 1 fully saturated rings. The molecule has 1 atom stereocenters. The van der Waals surface area contributed by atoms with Crippen LogP contribution in [0.2, 0.25) is 0 Å². The maximum absolute atomic E-state index is 13.0. The summed E-state index contributed by atoms with van der Waals surface area (Å²) in [5.41, 5.74) is 3.48. The van der Waals surface area contributed by atoms with E-state index >= 15 is 0 Å². The van der Waals surface area contributed by atoms with E-state index < -0.39 is 30.1 Å². The molecule has 7 heteroatoms. The quantitative estimate of drug-likeness (QED) is 0.604. The number of hydrogen-bond acceptors (Lipinski definition) is 5. The van der Waals surface area contributed by atoms with Crippen LogP contribution in [0.1, 0.15) is 28.7 Å². The molecule has 1 N–H and O–H groups in total. The van der Waals surface area contributed by atoms with Gasteiger partial charge in [-0.25, -0.2) is 14.7 Å². The van der Waals surface area contributed by atoms with E-state index in [0.717, 1.165) is 22.4 Å². The van der Waals surface area contributed by atoms with Gasteiger partial charge in [0.05, 0.1) is 11.4 Å². The standard InChI is InChI=1S/C26H20N2O5/c29-22(30)16-28-24(31)26(33-25(28)32)14-13-19-15-20(11-12-21(19)26)27-23(17-7-3-1-4-8-17)18-9-5-2-6-10-18/h1-12,15H,13-14,16H2,(H,29,30)/t26-/m0/s1. The van der Waals surface area contributed by atoms with Gasteiger partial charge in [-0.2, -0.15) is 0 Å². The Hall–Kier alpha value is -4.26. The molecule has 0 saturated carbocycles. The molecule has 3 aromatic carbocycles. The molecule has 33 heavy (non-hydrogen) atoms. The third kappa shape index (κ3) is 3.57. The molecule has 0 unspecified atom stereocenters. The second kappa shape index (κ2) is 8.02. The van der Waals surface area contributed by atoms with Crippen molar-refractivity contribution in [2.45, 2.75) is 18.4 Å². The van der Waals surface area contributed by atoms with Gasteiger partial charge >= 0.3 is 12.1 Å². The lowest BCUT2D eigenvalue weighted by Gasteiger charge is -2.20. The van der Waals surface area contributed by atoms with E-state index in [1.807, 2.05) is 66.7 Å². The molecule has 3 aromatic rings. The molecular weight excluding hydrogens is 420 g/mol. The van der Waals surface area contributed by atoms with E-state index in [4.69, 9.17) is 14.8 Å². The monoisotopic (exact) mass is 440 g/mol. The van der Waals surface area contributed by atoms with Crippen molar-refractivity contribution in [2.75, 3.05) is 6.54 Å². The Labute approximate surface area is 190 Å². The Morgan fingerprint density at radius 2 is 1.61 bits per heavy atom. The molecule has 1 aliphatic heterocycles. The second-order valence-electron chi connectivity index (χ2n) is 8.01. The zero-order valence-electron chi connectivity index (χ0n) is 17.6. The number of aliphatic carboxylic acids is 1. The summed E-state index contributed by atoms with van der Waals surface area (Å²) < 4.78 is 5.46. The summed E-state index contributed by atoms with van der Waals surface area (Å²) in [6.07, 6.45) is -0.127. The van der Waals surface area contributed by atoms with E-state index in [1.54, 1.807) is 12.1 Å². The summed E-state index contributed by atoms with van der Waals surface area (Å²) in [7, 11) is 0. The maximum Gasteiger partial charge on any atom is 0.418 e. The Kier molecular flexibility index (Phi) is 5.01. The van der Waals surface area contributed by atoms with Gasteiger partial charge in [0.25, 0.3) is 5.91 Å². The van der Waals surface area contributed by atoms with Crippen molar-refractivity contribution in [1.82, 2.24) is 4.90 Å². The number of fused-ring (bicyclic) bond motifs is 2. The molecule has 1 aliphatic carbocycles. The minimum Gasteiger partial charge on any atom is -0.480 e. The zero-order chi connectivity index (χ0) is 23.0. The van der Waals surface area contributed by atoms with Gasteiger partial charge in [-0.1, -0.05) is 66.7 Å². The second-order valence-corrected chi connectivity index (χ2v) is 8.01. The van der Waals surface area contributed by atoms with Gasteiger partial charge < -0.3 is 9.84 Å². The SMILES string of the molecule is O=C(O)CN1C(=O)O[C@]2(CCc3cc(N=C(c4ccccc4)c4ccccc4)ccc32)C1=O. The van der Waals surface area contributed by atoms with Crippen molar-refractivity contribution in [3.63, 3.8) is 0 Å². The first-order valence-corrected chi connectivity index (χ1v) is 10.6.